The monoisotopic (exact) mass is 591 g/mol. The summed E-state index contributed by atoms with van der Waals surface area (Å²) in [5.74, 6) is 1.04. The lowest BCUT2D eigenvalue weighted by molar-refractivity contribution is -0.670. The number of benzene rings is 2. The first-order valence-corrected chi connectivity index (χ1v) is 17.7. The van der Waals surface area contributed by atoms with E-state index in [2.05, 4.69) is 61.5 Å². The van der Waals surface area contributed by atoms with Gasteiger partial charge in [-0.15, -0.1) is 0 Å². The Morgan fingerprint density at radius 1 is 0.543 bits per heavy atom. The maximum Gasteiger partial charge on any atom is 0.274 e. The van der Waals surface area contributed by atoms with Gasteiger partial charge in [-0.05, 0) is 29.7 Å². The van der Waals surface area contributed by atoms with E-state index in [1.165, 1.54) is 129 Å². The minimum absolute atomic E-state index is 0.253. The zero-order valence-electron chi connectivity index (χ0n) is 22.6. The maximum absolute atomic E-state index is 5.97. The molecule has 0 radical (unpaired) electrons. The number of ether oxygens (including phenoxy) is 1. The third-order valence-electron chi connectivity index (χ3n) is 6.80. The third-order valence-corrected chi connectivity index (χ3v) is 9.52. The van der Waals surface area contributed by atoms with Crippen molar-refractivity contribution in [3.05, 3.63) is 65.7 Å². The minimum atomic E-state index is 0.253. The quantitative estimate of drug-likeness (QED) is 0.0757. The molecule has 0 aliphatic rings. The Hall–Kier alpha value is -1.03. The summed E-state index contributed by atoms with van der Waals surface area (Å²) in [6, 6.07) is 19.8. The van der Waals surface area contributed by atoms with Crippen molar-refractivity contribution in [2.45, 2.75) is 121 Å². The first kappa shape index (κ1) is 30.2. The van der Waals surface area contributed by atoms with Crippen LogP contribution in [0.1, 0.15) is 121 Å². The van der Waals surface area contributed by atoms with E-state index in [0.29, 0.717) is 0 Å². The molecular weight excluding hydrogens is 539 g/mol. The van der Waals surface area contributed by atoms with Crippen LogP contribution in [0.4, 0.5) is 0 Å². The van der Waals surface area contributed by atoms with E-state index in [9.17, 15) is 0 Å². The van der Waals surface area contributed by atoms with Crippen LogP contribution in [-0.4, -0.2) is 11.0 Å². The minimum Gasteiger partial charge on any atom is -0.494 e. The summed E-state index contributed by atoms with van der Waals surface area (Å²) >= 11 is 0.253. The van der Waals surface area contributed by atoms with Gasteiger partial charge in [0.05, 0.1) is 6.61 Å². The Labute approximate surface area is 228 Å². The average molecular weight is 592 g/mol. The molecule has 0 amide bonds. The predicted octanol–water partition coefficient (Wildman–Crippen LogP) is 7.16. The van der Waals surface area contributed by atoms with E-state index in [1.54, 1.807) is 0 Å². The molecule has 0 aliphatic carbocycles. The number of hydrogen-bond acceptors (Lipinski definition) is 1. The molecule has 2 aromatic carbocycles. The lowest BCUT2D eigenvalue weighted by atomic mass is 10.0. The number of rotatable bonds is 23. The number of halogens is 1. The summed E-state index contributed by atoms with van der Waals surface area (Å²) < 4.78 is 8.62. The van der Waals surface area contributed by atoms with E-state index in [1.807, 2.05) is 0 Å². The highest BCUT2D eigenvalue weighted by molar-refractivity contribution is 5.27. The van der Waals surface area contributed by atoms with Gasteiger partial charge < -0.3 is 4.74 Å². The first-order valence-electron chi connectivity index (χ1n) is 14.7. The van der Waals surface area contributed by atoms with Crippen molar-refractivity contribution in [3.63, 3.8) is 0 Å². The number of aryl methyl sites for hydroxylation is 1. The molecule has 0 unspecified atom stereocenters. The second kappa shape index (κ2) is 22.2. The SMILES string of the molecule is CCCCCCCCCCCCCCCCCCOc1ccc(CC[I+]Cc2ccccc2)cc1. The molecule has 0 aliphatic heterocycles. The van der Waals surface area contributed by atoms with Gasteiger partial charge in [0, 0.05) is 6.42 Å². The highest BCUT2D eigenvalue weighted by Crippen LogP contribution is 2.15. The number of hydrogen-bond donors (Lipinski definition) is 0. The molecule has 0 saturated heterocycles. The van der Waals surface area contributed by atoms with Crippen molar-refractivity contribution < 1.29 is 25.9 Å². The number of unbranched alkanes of at least 4 members (excludes halogenated alkanes) is 15. The zero-order chi connectivity index (χ0) is 24.7. The highest BCUT2D eigenvalue weighted by atomic mass is 127. The fraction of sp³-hybridized carbons (Fsp3) is 0.636. The van der Waals surface area contributed by atoms with Gasteiger partial charge in [0.2, 0.25) is 0 Å². The molecule has 2 heteroatoms. The second-order valence-corrected chi connectivity index (χ2v) is 13.0. The molecular formula is C33H52IO+. The molecule has 2 aromatic rings. The van der Waals surface area contributed by atoms with Gasteiger partial charge in [0.1, 0.15) is 10.2 Å². The van der Waals surface area contributed by atoms with Gasteiger partial charge in [0.15, 0.2) is 4.43 Å². The summed E-state index contributed by atoms with van der Waals surface area (Å²) in [7, 11) is 0. The number of alkyl halides is 2. The van der Waals surface area contributed by atoms with Crippen molar-refractivity contribution in [2.24, 2.45) is 0 Å². The Morgan fingerprint density at radius 3 is 1.60 bits per heavy atom. The summed E-state index contributed by atoms with van der Waals surface area (Å²) in [5, 5.41) is 0. The molecule has 0 spiro atoms. The van der Waals surface area contributed by atoms with Crippen LogP contribution in [0.15, 0.2) is 54.6 Å². The molecule has 0 bridgehead atoms. The van der Waals surface area contributed by atoms with Crippen LogP contribution >= 0.6 is 0 Å². The third kappa shape index (κ3) is 17.1. The summed E-state index contributed by atoms with van der Waals surface area (Å²) in [5.41, 5.74) is 2.95. The Balaban J connectivity index is 1.33. The van der Waals surface area contributed by atoms with Crippen LogP contribution in [0.2, 0.25) is 0 Å². The van der Waals surface area contributed by atoms with Crippen molar-refractivity contribution >= 4 is 0 Å². The van der Waals surface area contributed by atoms with Crippen molar-refractivity contribution in [3.8, 4) is 5.75 Å². The van der Waals surface area contributed by atoms with Crippen molar-refractivity contribution in [1.82, 2.24) is 0 Å². The highest BCUT2D eigenvalue weighted by Gasteiger charge is 2.08. The topological polar surface area (TPSA) is 9.23 Å². The summed E-state index contributed by atoms with van der Waals surface area (Å²) in [6.07, 6.45) is 23.8. The first-order chi connectivity index (χ1) is 17.4. The largest absolute Gasteiger partial charge is 0.494 e. The van der Waals surface area contributed by atoms with E-state index in [-0.39, 0.29) is 21.2 Å². The Morgan fingerprint density at radius 2 is 1.06 bits per heavy atom. The molecule has 35 heavy (non-hydrogen) atoms. The molecule has 0 heterocycles. The van der Waals surface area contributed by atoms with E-state index in [0.717, 1.165) is 12.4 Å². The van der Waals surface area contributed by atoms with Crippen LogP contribution in [0.3, 0.4) is 0 Å². The smallest absolute Gasteiger partial charge is 0.274 e. The van der Waals surface area contributed by atoms with Crippen molar-refractivity contribution in [1.29, 1.82) is 0 Å². The van der Waals surface area contributed by atoms with Gasteiger partial charge >= 0.3 is 0 Å². The van der Waals surface area contributed by atoms with Crippen LogP contribution in [-0.2, 0) is 10.8 Å². The van der Waals surface area contributed by atoms with Gasteiger partial charge in [-0.25, -0.2) is 0 Å². The standard InChI is InChI=1S/C33H52IO/c1-2-3-4-5-6-7-8-9-10-11-12-13-14-15-16-20-29-35-33-25-23-31(24-26-33)27-28-34-30-32-21-18-17-19-22-32/h17-19,21-26H,2-16,20,27-30H2,1H3/q+1. The lowest BCUT2D eigenvalue weighted by Crippen LogP contribution is -3.62. The average Bonchev–Trinajstić information content (AvgIpc) is 2.90. The van der Waals surface area contributed by atoms with Crippen LogP contribution in [0.25, 0.3) is 0 Å². The summed E-state index contributed by atoms with van der Waals surface area (Å²) in [4.78, 5) is 0. The zero-order valence-corrected chi connectivity index (χ0v) is 24.8. The molecule has 0 saturated carbocycles. The molecule has 0 atom stereocenters. The van der Waals surface area contributed by atoms with E-state index in [4.69, 9.17) is 4.74 Å². The van der Waals surface area contributed by atoms with Crippen LogP contribution < -0.4 is 25.9 Å². The molecule has 196 valence electrons. The lowest BCUT2D eigenvalue weighted by Gasteiger charge is -2.07. The molecule has 0 fully saturated rings. The van der Waals surface area contributed by atoms with Gasteiger partial charge in [0.25, 0.3) is 21.2 Å². The fourth-order valence-electron chi connectivity index (χ4n) is 4.51. The molecule has 1 nitrogen and oxygen atoms in total. The van der Waals surface area contributed by atoms with Crippen LogP contribution in [0, 0.1) is 0 Å². The maximum atomic E-state index is 5.97. The van der Waals surface area contributed by atoms with Gasteiger partial charge in [-0.2, -0.15) is 0 Å². The van der Waals surface area contributed by atoms with E-state index < -0.39 is 0 Å². The van der Waals surface area contributed by atoms with Crippen molar-refractivity contribution in [2.75, 3.05) is 11.0 Å². The normalized spacial score (nSPS) is 11.1. The van der Waals surface area contributed by atoms with E-state index >= 15 is 0 Å². The predicted molar refractivity (Wildman–Crippen MR) is 150 cm³/mol. The van der Waals surface area contributed by atoms with Gasteiger partial charge in [-0.1, -0.05) is 146 Å². The van der Waals surface area contributed by atoms with Gasteiger partial charge in [-0.3, -0.25) is 0 Å². The summed E-state index contributed by atoms with van der Waals surface area (Å²) in [6.45, 7) is 3.16. The fourth-order valence-corrected chi connectivity index (χ4v) is 7.03. The molecule has 0 N–H and O–H groups in total. The molecule has 2 rings (SSSR count). The second-order valence-electron chi connectivity index (χ2n) is 10.0. The van der Waals surface area contributed by atoms with Crippen LogP contribution in [0.5, 0.6) is 5.75 Å². The Kier molecular flexibility index (Phi) is 19.1. The molecule has 0 aromatic heterocycles. The Bertz CT molecular complexity index is 697.